The van der Waals surface area contributed by atoms with Crippen LogP contribution in [-0.2, 0) is 4.74 Å². The maximum Gasteiger partial charge on any atom is 0.322 e. The summed E-state index contributed by atoms with van der Waals surface area (Å²) in [7, 11) is 0. The molecule has 2 atom stereocenters. The SMILES string of the molecule is CCC1COCCN1C(=O)Nc1cccc(C(C)N)c1. The zero-order chi connectivity index (χ0) is 14.5. The quantitative estimate of drug-likeness (QED) is 0.891. The number of nitrogens with two attached hydrogens (primary N) is 1. The third-order valence-corrected chi connectivity index (χ3v) is 3.62. The summed E-state index contributed by atoms with van der Waals surface area (Å²) in [4.78, 5) is 14.2. The molecular weight excluding hydrogens is 254 g/mol. The van der Waals surface area contributed by atoms with E-state index >= 15 is 0 Å². The molecule has 0 aromatic heterocycles. The first-order valence-electron chi connectivity index (χ1n) is 7.12. The van der Waals surface area contributed by atoms with E-state index in [-0.39, 0.29) is 18.1 Å². The number of morpholine rings is 1. The van der Waals surface area contributed by atoms with Crippen LogP contribution in [-0.4, -0.2) is 36.7 Å². The standard InChI is InChI=1S/C15H23N3O2/c1-3-14-10-20-8-7-18(14)15(19)17-13-6-4-5-12(9-13)11(2)16/h4-6,9,11,14H,3,7-8,10,16H2,1-2H3,(H,17,19). The molecule has 2 amide bonds. The molecule has 0 saturated carbocycles. The van der Waals surface area contributed by atoms with Crippen LogP contribution in [0.1, 0.15) is 31.9 Å². The van der Waals surface area contributed by atoms with E-state index in [1.54, 1.807) is 0 Å². The predicted octanol–water partition coefficient (Wildman–Crippen LogP) is 2.35. The molecular formula is C15H23N3O2. The Morgan fingerprint density at radius 2 is 2.40 bits per heavy atom. The van der Waals surface area contributed by atoms with Gasteiger partial charge in [0, 0.05) is 18.3 Å². The zero-order valence-corrected chi connectivity index (χ0v) is 12.1. The average Bonchev–Trinajstić information content (AvgIpc) is 2.47. The Labute approximate surface area is 120 Å². The Bertz CT molecular complexity index is 462. The summed E-state index contributed by atoms with van der Waals surface area (Å²) in [6.07, 6.45) is 0.896. The smallest absolute Gasteiger partial charge is 0.322 e. The number of nitrogens with zero attached hydrogens (tertiary/aromatic N) is 1. The van der Waals surface area contributed by atoms with E-state index < -0.39 is 0 Å². The maximum atomic E-state index is 12.3. The Kier molecular flexibility index (Phi) is 4.98. The van der Waals surface area contributed by atoms with Crippen molar-refractivity contribution in [3.63, 3.8) is 0 Å². The molecule has 0 spiro atoms. The average molecular weight is 277 g/mol. The molecule has 0 radical (unpaired) electrons. The lowest BCUT2D eigenvalue weighted by Crippen LogP contribution is -2.50. The van der Waals surface area contributed by atoms with Crippen LogP contribution in [0.4, 0.5) is 10.5 Å². The first-order chi connectivity index (χ1) is 9.61. The number of nitrogens with one attached hydrogen (secondary N) is 1. The van der Waals surface area contributed by atoms with Gasteiger partial charge in [0.25, 0.3) is 0 Å². The zero-order valence-electron chi connectivity index (χ0n) is 12.1. The van der Waals surface area contributed by atoms with Gasteiger partial charge < -0.3 is 20.7 Å². The van der Waals surface area contributed by atoms with Crippen molar-refractivity contribution < 1.29 is 9.53 Å². The number of ether oxygens (including phenoxy) is 1. The van der Waals surface area contributed by atoms with Crippen molar-refractivity contribution in [2.75, 3.05) is 25.1 Å². The van der Waals surface area contributed by atoms with Crippen molar-refractivity contribution in [3.05, 3.63) is 29.8 Å². The van der Waals surface area contributed by atoms with Gasteiger partial charge in [-0.15, -0.1) is 0 Å². The summed E-state index contributed by atoms with van der Waals surface area (Å²) in [5, 5.41) is 2.95. The number of carbonyl (C=O) groups excluding carboxylic acids is 1. The van der Waals surface area contributed by atoms with Gasteiger partial charge in [0.05, 0.1) is 19.3 Å². The Hall–Kier alpha value is -1.59. The molecule has 1 saturated heterocycles. The van der Waals surface area contributed by atoms with Crippen molar-refractivity contribution in [3.8, 4) is 0 Å². The van der Waals surface area contributed by atoms with Gasteiger partial charge in [-0.2, -0.15) is 0 Å². The van der Waals surface area contributed by atoms with Crippen molar-refractivity contribution >= 4 is 11.7 Å². The second kappa shape index (κ2) is 6.72. The largest absolute Gasteiger partial charge is 0.377 e. The Balaban J connectivity index is 2.05. The number of hydrogen-bond donors (Lipinski definition) is 2. The van der Waals surface area contributed by atoms with Gasteiger partial charge in [-0.3, -0.25) is 0 Å². The van der Waals surface area contributed by atoms with Crippen molar-refractivity contribution in [1.82, 2.24) is 4.90 Å². The molecule has 5 heteroatoms. The highest BCUT2D eigenvalue weighted by molar-refractivity contribution is 5.89. The summed E-state index contributed by atoms with van der Waals surface area (Å²) in [6, 6.07) is 7.71. The third-order valence-electron chi connectivity index (χ3n) is 3.62. The molecule has 2 unspecified atom stereocenters. The molecule has 3 N–H and O–H groups in total. The molecule has 1 aliphatic heterocycles. The lowest BCUT2D eigenvalue weighted by atomic mass is 10.1. The van der Waals surface area contributed by atoms with Crippen LogP contribution in [0, 0.1) is 0 Å². The summed E-state index contributed by atoms with van der Waals surface area (Å²) in [6.45, 7) is 5.84. The van der Waals surface area contributed by atoms with E-state index in [4.69, 9.17) is 10.5 Å². The number of urea groups is 1. The number of carbonyl (C=O) groups is 1. The number of anilines is 1. The number of rotatable bonds is 3. The molecule has 0 bridgehead atoms. The van der Waals surface area contributed by atoms with Gasteiger partial charge in [0.1, 0.15) is 0 Å². The lowest BCUT2D eigenvalue weighted by molar-refractivity contribution is 0.0144. The van der Waals surface area contributed by atoms with Crippen LogP contribution in [0.25, 0.3) is 0 Å². The van der Waals surface area contributed by atoms with Crippen LogP contribution in [0.2, 0.25) is 0 Å². The normalized spacial score (nSPS) is 20.6. The van der Waals surface area contributed by atoms with Gasteiger partial charge in [-0.25, -0.2) is 4.79 Å². The summed E-state index contributed by atoms with van der Waals surface area (Å²) in [5.41, 5.74) is 7.65. The lowest BCUT2D eigenvalue weighted by Gasteiger charge is -2.35. The number of benzene rings is 1. The monoisotopic (exact) mass is 277 g/mol. The van der Waals surface area contributed by atoms with Gasteiger partial charge in [0.15, 0.2) is 0 Å². The highest BCUT2D eigenvalue weighted by Gasteiger charge is 2.25. The maximum absolute atomic E-state index is 12.3. The molecule has 2 rings (SSSR count). The minimum Gasteiger partial charge on any atom is -0.377 e. The van der Waals surface area contributed by atoms with Crippen molar-refractivity contribution in [1.29, 1.82) is 0 Å². The van der Waals surface area contributed by atoms with Gasteiger partial charge in [0.2, 0.25) is 0 Å². The van der Waals surface area contributed by atoms with Crippen LogP contribution >= 0.6 is 0 Å². The number of hydrogen-bond acceptors (Lipinski definition) is 3. The highest BCUT2D eigenvalue weighted by Crippen LogP contribution is 2.17. The van der Waals surface area contributed by atoms with Gasteiger partial charge in [-0.05, 0) is 31.0 Å². The molecule has 1 aliphatic rings. The fraction of sp³-hybridized carbons (Fsp3) is 0.533. The molecule has 1 aromatic carbocycles. The third kappa shape index (κ3) is 3.49. The Morgan fingerprint density at radius 3 is 3.10 bits per heavy atom. The topological polar surface area (TPSA) is 67.6 Å². The van der Waals surface area contributed by atoms with Crippen LogP contribution in [0.3, 0.4) is 0 Å². The van der Waals surface area contributed by atoms with Crippen molar-refractivity contribution in [2.45, 2.75) is 32.4 Å². The van der Waals surface area contributed by atoms with Crippen LogP contribution < -0.4 is 11.1 Å². The number of amides is 2. The van der Waals surface area contributed by atoms with E-state index in [0.717, 1.165) is 17.7 Å². The molecule has 1 fully saturated rings. The summed E-state index contributed by atoms with van der Waals surface area (Å²) >= 11 is 0. The summed E-state index contributed by atoms with van der Waals surface area (Å²) in [5.74, 6) is 0. The molecule has 1 aromatic rings. The van der Waals surface area contributed by atoms with E-state index in [9.17, 15) is 4.79 Å². The molecule has 0 aliphatic carbocycles. The van der Waals surface area contributed by atoms with Crippen molar-refractivity contribution in [2.24, 2.45) is 5.73 Å². The van der Waals surface area contributed by atoms with E-state index in [2.05, 4.69) is 12.2 Å². The molecule has 20 heavy (non-hydrogen) atoms. The Morgan fingerprint density at radius 1 is 1.60 bits per heavy atom. The van der Waals surface area contributed by atoms with E-state index in [1.807, 2.05) is 36.1 Å². The predicted molar refractivity (Wildman–Crippen MR) is 79.7 cm³/mol. The second-order valence-electron chi connectivity index (χ2n) is 5.17. The first-order valence-corrected chi connectivity index (χ1v) is 7.12. The first kappa shape index (κ1) is 14.8. The van der Waals surface area contributed by atoms with Gasteiger partial charge in [-0.1, -0.05) is 19.1 Å². The highest BCUT2D eigenvalue weighted by atomic mass is 16.5. The molecule has 5 nitrogen and oxygen atoms in total. The van der Waals surface area contributed by atoms with Gasteiger partial charge >= 0.3 is 6.03 Å². The second-order valence-corrected chi connectivity index (χ2v) is 5.17. The summed E-state index contributed by atoms with van der Waals surface area (Å²) < 4.78 is 5.42. The fourth-order valence-electron chi connectivity index (χ4n) is 2.36. The van der Waals surface area contributed by atoms with E-state index in [1.165, 1.54) is 0 Å². The van der Waals surface area contributed by atoms with Crippen LogP contribution in [0.5, 0.6) is 0 Å². The fourth-order valence-corrected chi connectivity index (χ4v) is 2.36. The van der Waals surface area contributed by atoms with Crippen LogP contribution in [0.15, 0.2) is 24.3 Å². The van der Waals surface area contributed by atoms with E-state index in [0.29, 0.717) is 19.8 Å². The minimum atomic E-state index is -0.0676. The molecule has 1 heterocycles. The molecule has 110 valence electrons. The minimum absolute atomic E-state index is 0.0429.